The summed E-state index contributed by atoms with van der Waals surface area (Å²) in [4.78, 5) is 31.1. The first-order valence-corrected chi connectivity index (χ1v) is 11.5. The van der Waals surface area contributed by atoms with Crippen LogP contribution in [0.15, 0.2) is 84.6 Å². The largest absolute Gasteiger partial charge is 0.336 e. The lowest BCUT2D eigenvalue weighted by Gasteiger charge is -2.32. The lowest BCUT2D eigenvalue weighted by atomic mass is 9.87. The van der Waals surface area contributed by atoms with Crippen LogP contribution in [0, 0.1) is 0 Å². The summed E-state index contributed by atoms with van der Waals surface area (Å²) < 4.78 is 0. The smallest absolute Gasteiger partial charge is 0.282 e. The Morgan fingerprint density at radius 1 is 0.758 bits per heavy atom. The molecule has 0 fully saturated rings. The monoisotopic (exact) mass is 436 g/mol. The summed E-state index contributed by atoms with van der Waals surface area (Å²) in [5, 5.41) is 0. The number of benzene rings is 3. The minimum absolute atomic E-state index is 0.00627. The van der Waals surface area contributed by atoms with Crippen molar-refractivity contribution in [3.05, 3.63) is 101 Å². The molecular weight excluding hydrogens is 408 g/mol. The van der Waals surface area contributed by atoms with Gasteiger partial charge in [0.2, 0.25) is 0 Å². The average molecular weight is 437 g/mol. The predicted octanol–water partition coefficient (Wildman–Crippen LogP) is 5.72. The molecule has 3 aromatic carbocycles. The Labute approximate surface area is 195 Å². The van der Waals surface area contributed by atoms with Gasteiger partial charge in [-0.05, 0) is 53.1 Å². The van der Waals surface area contributed by atoms with E-state index in [2.05, 4.69) is 26.8 Å². The fourth-order valence-electron chi connectivity index (χ4n) is 4.74. The van der Waals surface area contributed by atoms with Crippen LogP contribution in [0.1, 0.15) is 43.9 Å². The SMILES string of the molecule is CC(C)(C)c1ccc(N2C(=O)C(c3ccccc3)=C(N3CCCc4ccccc43)C2=O)cc1. The van der Waals surface area contributed by atoms with E-state index < -0.39 is 0 Å². The molecule has 0 unspecified atom stereocenters. The number of amides is 2. The van der Waals surface area contributed by atoms with Crippen LogP contribution in [0.25, 0.3) is 5.57 Å². The van der Waals surface area contributed by atoms with Crippen molar-refractivity contribution in [3.8, 4) is 0 Å². The molecule has 0 atom stereocenters. The van der Waals surface area contributed by atoms with Gasteiger partial charge in [0, 0.05) is 12.2 Å². The number of rotatable bonds is 3. The van der Waals surface area contributed by atoms with E-state index in [1.54, 1.807) is 0 Å². The normalized spacial score (nSPS) is 16.5. The molecule has 2 aliphatic rings. The molecule has 4 heteroatoms. The van der Waals surface area contributed by atoms with Gasteiger partial charge in [0.05, 0.1) is 11.3 Å². The summed E-state index contributed by atoms with van der Waals surface area (Å²) in [5.41, 5.74) is 5.68. The topological polar surface area (TPSA) is 40.6 Å². The van der Waals surface area contributed by atoms with Gasteiger partial charge in [-0.25, -0.2) is 4.90 Å². The van der Waals surface area contributed by atoms with Crippen LogP contribution in [0.5, 0.6) is 0 Å². The van der Waals surface area contributed by atoms with Gasteiger partial charge in [0.25, 0.3) is 11.8 Å². The van der Waals surface area contributed by atoms with Crippen molar-refractivity contribution >= 4 is 28.8 Å². The van der Waals surface area contributed by atoms with Gasteiger partial charge in [0.1, 0.15) is 5.70 Å². The fourth-order valence-corrected chi connectivity index (χ4v) is 4.74. The van der Waals surface area contributed by atoms with E-state index in [9.17, 15) is 9.59 Å². The highest BCUT2D eigenvalue weighted by molar-refractivity contribution is 6.46. The predicted molar refractivity (Wildman–Crippen MR) is 133 cm³/mol. The van der Waals surface area contributed by atoms with Crippen molar-refractivity contribution in [2.45, 2.75) is 39.0 Å². The van der Waals surface area contributed by atoms with Crippen LogP contribution in [0.2, 0.25) is 0 Å². The highest BCUT2D eigenvalue weighted by Gasteiger charge is 2.43. The van der Waals surface area contributed by atoms with E-state index in [1.165, 1.54) is 10.5 Å². The molecular formula is C29H28N2O2. The number of carbonyl (C=O) groups excluding carboxylic acids is 2. The van der Waals surface area contributed by atoms with Gasteiger partial charge in [0.15, 0.2) is 0 Å². The van der Waals surface area contributed by atoms with Crippen molar-refractivity contribution in [2.75, 3.05) is 16.3 Å². The summed E-state index contributed by atoms with van der Waals surface area (Å²) >= 11 is 0. The molecule has 0 spiro atoms. The van der Waals surface area contributed by atoms with Crippen LogP contribution in [-0.2, 0) is 21.4 Å². The second-order valence-corrected chi connectivity index (χ2v) is 9.72. The second-order valence-electron chi connectivity index (χ2n) is 9.72. The minimum atomic E-state index is -0.271. The van der Waals surface area contributed by atoms with Crippen LogP contribution >= 0.6 is 0 Å². The Hall–Kier alpha value is -3.66. The summed E-state index contributed by atoms with van der Waals surface area (Å²) in [6, 6.07) is 25.5. The third-order valence-corrected chi connectivity index (χ3v) is 6.49. The lowest BCUT2D eigenvalue weighted by Crippen LogP contribution is -2.37. The summed E-state index contributed by atoms with van der Waals surface area (Å²) in [5.74, 6) is -0.535. The number of aryl methyl sites for hydroxylation is 1. The molecule has 33 heavy (non-hydrogen) atoms. The zero-order chi connectivity index (χ0) is 23.2. The molecule has 0 saturated carbocycles. The van der Waals surface area contributed by atoms with Gasteiger partial charge in [-0.3, -0.25) is 9.59 Å². The van der Waals surface area contributed by atoms with Crippen LogP contribution in [0.4, 0.5) is 11.4 Å². The van der Waals surface area contributed by atoms with Crippen molar-refractivity contribution < 1.29 is 9.59 Å². The lowest BCUT2D eigenvalue weighted by molar-refractivity contribution is -0.120. The Bertz CT molecular complexity index is 1250. The number of para-hydroxylation sites is 1. The van der Waals surface area contributed by atoms with Gasteiger partial charge >= 0.3 is 0 Å². The number of hydrogen-bond donors (Lipinski definition) is 0. The van der Waals surface area contributed by atoms with Gasteiger partial charge in [-0.1, -0.05) is 81.4 Å². The maximum Gasteiger partial charge on any atom is 0.282 e. The first-order valence-electron chi connectivity index (χ1n) is 11.5. The maximum atomic E-state index is 13.9. The molecule has 0 aliphatic carbocycles. The molecule has 2 heterocycles. The van der Waals surface area contributed by atoms with Crippen molar-refractivity contribution in [2.24, 2.45) is 0 Å². The third-order valence-electron chi connectivity index (χ3n) is 6.49. The minimum Gasteiger partial charge on any atom is -0.336 e. The number of nitrogens with zero attached hydrogens (tertiary/aromatic N) is 2. The van der Waals surface area contributed by atoms with Crippen molar-refractivity contribution in [3.63, 3.8) is 0 Å². The Balaban J connectivity index is 1.63. The Morgan fingerprint density at radius 2 is 1.42 bits per heavy atom. The molecule has 0 saturated heterocycles. The molecule has 0 bridgehead atoms. The maximum absolute atomic E-state index is 13.9. The van der Waals surface area contributed by atoms with Crippen LogP contribution in [0.3, 0.4) is 0 Å². The highest BCUT2D eigenvalue weighted by Crippen LogP contribution is 2.39. The average Bonchev–Trinajstić information content (AvgIpc) is 3.08. The quantitative estimate of drug-likeness (QED) is 0.493. The first kappa shape index (κ1) is 21.2. The number of fused-ring (bicyclic) bond motifs is 1. The molecule has 0 radical (unpaired) electrons. The molecule has 2 amide bonds. The molecule has 5 rings (SSSR count). The summed E-state index contributed by atoms with van der Waals surface area (Å²) in [6.07, 6.45) is 1.91. The van der Waals surface area contributed by atoms with E-state index in [0.29, 0.717) is 23.5 Å². The zero-order valence-electron chi connectivity index (χ0n) is 19.3. The first-order chi connectivity index (χ1) is 15.9. The molecule has 0 aromatic heterocycles. The Morgan fingerprint density at radius 3 is 2.12 bits per heavy atom. The molecule has 2 aliphatic heterocycles. The number of carbonyl (C=O) groups is 2. The van der Waals surface area contributed by atoms with Crippen molar-refractivity contribution in [1.82, 2.24) is 0 Å². The zero-order valence-corrected chi connectivity index (χ0v) is 19.3. The number of imide groups is 1. The number of hydrogen-bond acceptors (Lipinski definition) is 3. The Kier molecular flexibility index (Phi) is 5.16. The van der Waals surface area contributed by atoms with E-state index in [0.717, 1.165) is 29.7 Å². The number of anilines is 2. The van der Waals surface area contributed by atoms with E-state index in [4.69, 9.17) is 0 Å². The summed E-state index contributed by atoms with van der Waals surface area (Å²) in [6.45, 7) is 7.15. The summed E-state index contributed by atoms with van der Waals surface area (Å²) in [7, 11) is 0. The van der Waals surface area contributed by atoms with Crippen LogP contribution < -0.4 is 9.80 Å². The molecule has 166 valence electrons. The third kappa shape index (κ3) is 3.66. The van der Waals surface area contributed by atoms with Gasteiger partial charge in [-0.15, -0.1) is 0 Å². The van der Waals surface area contributed by atoms with E-state index in [-0.39, 0.29) is 17.2 Å². The highest BCUT2D eigenvalue weighted by atomic mass is 16.2. The van der Waals surface area contributed by atoms with Crippen molar-refractivity contribution in [1.29, 1.82) is 0 Å². The van der Waals surface area contributed by atoms with Gasteiger partial charge < -0.3 is 4.90 Å². The molecule has 0 N–H and O–H groups in total. The standard InChI is InChI=1S/C29H28N2O2/c1-29(2,3)22-15-17-23(18-16-22)31-27(32)25(21-11-5-4-6-12-21)26(28(31)33)30-19-9-13-20-10-7-8-14-24(20)30/h4-8,10-12,14-18H,9,13,19H2,1-3H3. The van der Waals surface area contributed by atoms with Crippen LogP contribution in [-0.4, -0.2) is 18.4 Å². The second kappa shape index (κ2) is 8.04. The van der Waals surface area contributed by atoms with E-state index >= 15 is 0 Å². The van der Waals surface area contributed by atoms with E-state index in [1.807, 2.05) is 77.7 Å². The fraction of sp³-hybridized carbons (Fsp3) is 0.241. The van der Waals surface area contributed by atoms with Gasteiger partial charge in [-0.2, -0.15) is 0 Å². The molecule has 4 nitrogen and oxygen atoms in total. The molecule has 3 aromatic rings.